The molecule has 2 aromatic rings. The van der Waals surface area contributed by atoms with Crippen LogP contribution in [0.2, 0.25) is 0 Å². The predicted molar refractivity (Wildman–Crippen MR) is 104 cm³/mol. The minimum absolute atomic E-state index is 0.0930. The van der Waals surface area contributed by atoms with Crippen LogP contribution in [0.4, 0.5) is 17.6 Å². The number of ether oxygens (including phenoxy) is 2. The van der Waals surface area contributed by atoms with Crippen LogP contribution in [0.25, 0.3) is 0 Å². The number of sulfonamides is 1. The largest absolute Gasteiger partial charge is 0.482 e. The highest BCUT2D eigenvalue weighted by Crippen LogP contribution is 2.36. The Bertz CT molecular complexity index is 1150. The van der Waals surface area contributed by atoms with Crippen molar-refractivity contribution in [3.63, 3.8) is 0 Å². The molecule has 1 fully saturated rings. The van der Waals surface area contributed by atoms with Gasteiger partial charge < -0.3 is 19.7 Å². The monoisotopic (exact) mass is 490 g/mol. The molecule has 33 heavy (non-hydrogen) atoms. The van der Waals surface area contributed by atoms with E-state index in [4.69, 9.17) is 10.00 Å². The summed E-state index contributed by atoms with van der Waals surface area (Å²) in [6, 6.07) is 9.96. The maximum absolute atomic E-state index is 14.1. The number of hydrogen-bond donors (Lipinski definition) is 2. The van der Waals surface area contributed by atoms with E-state index in [1.807, 2.05) is 0 Å². The van der Waals surface area contributed by atoms with Gasteiger partial charge in [0, 0.05) is 18.7 Å². The number of alkyl halides is 3. The topological polar surface area (TPSA) is 120 Å². The molecule has 0 unspecified atom stereocenters. The number of hydrogen-bond acceptors (Lipinski definition) is 7. The second kappa shape index (κ2) is 9.14. The summed E-state index contributed by atoms with van der Waals surface area (Å²) in [5.74, 6) is -2.38. The quantitative estimate of drug-likeness (QED) is 0.568. The van der Waals surface area contributed by atoms with Crippen molar-refractivity contribution in [2.24, 2.45) is 0 Å². The van der Waals surface area contributed by atoms with Crippen LogP contribution in [0.3, 0.4) is 0 Å². The van der Waals surface area contributed by atoms with E-state index >= 15 is 0 Å². The summed E-state index contributed by atoms with van der Waals surface area (Å²) < 4.78 is 88.7. The van der Waals surface area contributed by atoms with E-state index in [-0.39, 0.29) is 4.90 Å². The van der Waals surface area contributed by atoms with Crippen LogP contribution in [-0.2, 0) is 10.0 Å². The van der Waals surface area contributed by atoms with Crippen LogP contribution in [0.1, 0.15) is 5.56 Å². The van der Waals surface area contributed by atoms with Crippen molar-refractivity contribution in [1.29, 1.82) is 5.26 Å². The van der Waals surface area contributed by atoms with Crippen LogP contribution in [0, 0.1) is 17.1 Å². The molecule has 3 rings (SSSR count). The Hall–Kier alpha value is -2.92. The molecule has 0 aromatic heterocycles. The summed E-state index contributed by atoms with van der Waals surface area (Å²) in [5, 5.41) is 29.4. The lowest BCUT2D eigenvalue weighted by molar-refractivity contribution is -0.153. The predicted octanol–water partition coefficient (Wildman–Crippen LogP) is 1.81. The number of benzene rings is 2. The van der Waals surface area contributed by atoms with Crippen molar-refractivity contribution >= 4 is 10.0 Å². The first-order valence-corrected chi connectivity index (χ1v) is 10.8. The molecule has 1 heterocycles. The van der Waals surface area contributed by atoms with Gasteiger partial charge in [-0.1, -0.05) is 18.2 Å². The van der Waals surface area contributed by atoms with Crippen LogP contribution in [0.5, 0.6) is 11.5 Å². The number of β-amino-alcohol motifs (C(OH)–C–C–N with tert-alkyl or cyclic N) is 1. The van der Waals surface area contributed by atoms with Crippen molar-refractivity contribution in [3.05, 3.63) is 53.8 Å². The van der Waals surface area contributed by atoms with E-state index in [9.17, 15) is 36.2 Å². The van der Waals surface area contributed by atoms with E-state index in [0.717, 1.165) is 4.31 Å². The number of nitriles is 1. The first-order chi connectivity index (χ1) is 15.4. The lowest BCUT2D eigenvalue weighted by atomic mass is 10.0. The molecule has 1 aliphatic heterocycles. The maximum atomic E-state index is 14.1. The number of aliphatic hydroxyl groups is 2. The van der Waals surface area contributed by atoms with E-state index < -0.39 is 77.1 Å². The summed E-state index contributed by atoms with van der Waals surface area (Å²) in [7, 11) is -4.12. The lowest BCUT2D eigenvalue weighted by Crippen LogP contribution is -2.48. The summed E-state index contributed by atoms with van der Waals surface area (Å²) in [6.45, 7) is -3.84. The second-order valence-corrected chi connectivity index (χ2v) is 9.21. The van der Waals surface area contributed by atoms with Crippen LogP contribution >= 0.6 is 0 Å². The Kier molecular flexibility index (Phi) is 6.85. The molecule has 2 aromatic carbocycles. The first-order valence-electron chi connectivity index (χ1n) is 9.38. The van der Waals surface area contributed by atoms with E-state index in [2.05, 4.69) is 4.74 Å². The molecular formula is C20H18F4N2O6S. The summed E-state index contributed by atoms with van der Waals surface area (Å²) >= 11 is 0. The van der Waals surface area contributed by atoms with Gasteiger partial charge in [0.2, 0.25) is 10.0 Å². The molecule has 0 saturated carbocycles. The highest BCUT2D eigenvalue weighted by molar-refractivity contribution is 7.89. The Morgan fingerprint density at radius 2 is 1.88 bits per heavy atom. The normalized spacial score (nSPS) is 21.5. The van der Waals surface area contributed by atoms with Gasteiger partial charge in [0.05, 0.1) is 23.6 Å². The molecule has 178 valence electrons. The molecule has 8 nitrogen and oxygen atoms in total. The van der Waals surface area contributed by atoms with Gasteiger partial charge in [0.15, 0.2) is 18.1 Å². The third-order valence-corrected chi connectivity index (χ3v) is 6.71. The average molecular weight is 490 g/mol. The third kappa shape index (κ3) is 5.36. The number of aliphatic hydroxyl groups excluding tert-OH is 1. The van der Waals surface area contributed by atoms with E-state index in [1.165, 1.54) is 30.3 Å². The molecule has 2 atom stereocenters. The fourth-order valence-corrected chi connectivity index (χ4v) is 4.71. The molecular weight excluding hydrogens is 472 g/mol. The average Bonchev–Trinajstić information content (AvgIpc) is 3.11. The van der Waals surface area contributed by atoms with Gasteiger partial charge >= 0.3 is 6.18 Å². The zero-order valence-corrected chi connectivity index (χ0v) is 17.6. The van der Waals surface area contributed by atoms with E-state index in [1.54, 1.807) is 6.07 Å². The Morgan fingerprint density at radius 3 is 2.45 bits per heavy atom. The number of rotatable bonds is 7. The highest BCUT2D eigenvalue weighted by Gasteiger charge is 2.51. The summed E-state index contributed by atoms with van der Waals surface area (Å²) in [5.41, 5.74) is -2.77. The number of nitrogens with zero attached hydrogens (tertiary/aromatic N) is 2. The molecule has 0 aliphatic carbocycles. The molecule has 0 bridgehead atoms. The van der Waals surface area contributed by atoms with Crippen molar-refractivity contribution in [2.75, 3.05) is 26.3 Å². The standard InChI is InChI=1S/C20H18F4N2O6S/c21-15-7-17(16(6-13(15)8-25)31-12-20(22,23)24)32-18-9-26(10-19(18,28)11-27)33(29,30)14-4-2-1-3-5-14/h1-7,18,27-28H,9-12H2/t18-,19+/m0/s1. The minimum atomic E-state index is -4.75. The van der Waals surface area contributed by atoms with Crippen molar-refractivity contribution in [3.8, 4) is 17.6 Å². The number of halogens is 4. The van der Waals surface area contributed by atoms with Crippen molar-refractivity contribution in [1.82, 2.24) is 4.31 Å². The molecule has 1 saturated heterocycles. The molecule has 0 radical (unpaired) electrons. The lowest BCUT2D eigenvalue weighted by Gasteiger charge is -2.28. The fraction of sp³-hybridized carbons (Fsp3) is 0.350. The fourth-order valence-electron chi connectivity index (χ4n) is 3.19. The molecule has 13 heteroatoms. The third-order valence-electron chi connectivity index (χ3n) is 4.89. The molecule has 0 spiro atoms. The minimum Gasteiger partial charge on any atom is -0.482 e. The molecule has 1 aliphatic rings. The first kappa shape index (κ1) is 24.7. The highest BCUT2D eigenvalue weighted by atomic mass is 32.2. The van der Waals surface area contributed by atoms with Crippen molar-refractivity contribution < 1.29 is 45.7 Å². The van der Waals surface area contributed by atoms with Gasteiger partial charge in [-0.05, 0) is 12.1 Å². The molecule has 0 amide bonds. The Morgan fingerprint density at radius 1 is 1.21 bits per heavy atom. The van der Waals surface area contributed by atoms with Crippen LogP contribution in [-0.4, -0.2) is 67.1 Å². The second-order valence-electron chi connectivity index (χ2n) is 7.27. The van der Waals surface area contributed by atoms with Crippen LogP contribution in [0.15, 0.2) is 47.4 Å². The van der Waals surface area contributed by atoms with Gasteiger partial charge in [-0.3, -0.25) is 0 Å². The Labute approximate surface area is 186 Å². The summed E-state index contributed by atoms with van der Waals surface area (Å²) in [4.78, 5) is -0.0930. The zero-order valence-electron chi connectivity index (χ0n) is 16.8. The van der Waals surface area contributed by atoms with Gasteiger partial charge in [-0.15, -0.1) is 0 Å². The molecule has 2 N–H and O–H groups in total. The summed E-state index contributed by atoms with van der Waals surface area (Å²) in [6.07, 6.45) is -6.25. The van der Waals surface area contributed by atoms with Gasteiger partial charge in [0.25, 0.3) is 0 Å². The van der Waals surface area contributed by atoms with Gasteiger partial charge in [-0.25, -0.2) is 12.8 Å². The SMILES string of the molecule is N#Cc1cc(OCC(F)(F)F)c(O[C@H]2CN(S(=O)(=O)c3ccccc3)C[C@@]2(O)CO)cc1F. The van der Waals surface area contributed by atoms with E-state index in [0.29, 0.717) is 12.1 Å². The van der Waals surface area contributed by atoms with Crippen LogP contribution < -0.4 is 9.47 Å². The maximum Gasteiger partial charge on any atom is 0.422 e. The van der Waals surface area contributed by atoms with Crippen molar-refractivity contribution in [2.45, 2.75) is 22.8 Å². The smallest absolute Gasteiger partial charge is 0.422 e. The Balaban J connectivity index is 1.93. The zero-order chi connectivity index (χ0) is 24.4. The van der Waals surface area contributed by atoms with Gasteiger partial charge in [0.1, 0.15) is 23.6 Å². The van der Waals surface area contributed by atoms with Gasteiger partial charge in [-0.2, -0.15) is 22.7 Å².